The van der Waals surface area contributed by atoms with E-state index >= 15 is 0 Å². The molecule has 0 aliphatic heterocycles. The van der Waals surface area contributed by atoms with Crippen LogP contribution in [0, 0.1) is 11.6 Å². The van der Waals surface area contributed by atoms with Gasteiger partial charge in [0.25, 0.3) is 0 Å². The third-order valence-corrected chi connectivity index (χ3v) is 4.16. The van der Waals surface area contributed by atoms with Gasteiger partial charge >= 0.3 is 0 Å². The first kappa shape index (κ1) is 15.4. The SMILES string of the molecule is CNC(CSc1ccc(F)cc1F)C(C)(C)OC. The van der Waals surface area contributed by atoms with Gasteiger partial charge in [0.1, 0.15) is 11.6 Å². The van der Waals surface area contributed by atoms with Crippen LogP contribution in [0.5, 0.6) is 0 Å². The van der Waals surface area contributed by atoms with Gasteiger partial charge in [-0.2, -0.15) is 0 Å². The van der Waals surface area contributed by atoms with Crippen LogP contribution in [0.1, 0.15) is 13.8 Å². The fraction of sp³-hybridized carbons (Fsp3) is 0.538. The van der Waals surface area contributed by atoms with Crippen molar-refractivity contribution in [1.29, 1.82) is 0 Å². The van der Waals surface area contributed by atoms with E-state index in [1.54, 1.807) is 7.11 Å². The Balaban J connectivity index is 2.68. The van der Waals surface area contributed by atoms with E-state index in [1.165, 1.54) is 23.9 Å². The van der Waals surface area contributed by atoms with Gasteiger partial charge in [0.05, 0.1) is 5.60 Å². The van der Waals surface area contributed by atoms with Crippen LogP contribution in [0.4, 0.5) is 8.78 Å². The molecule has 0 spiro atoms. The molecular formula is C13H19F2NOS. The molecule has 0 radical (unpaired) electrons. The lowest BCUT2D eigenvalue weighted by Gasteiger charge is -2.32. The Hall–Kier alpha value is -0.650. The summed E-state index contributed by atoms with van der Waals surface area (Å²) < 4.78 is 31.6. The summed E-state index contributed by atoms with van der Waals surface area (Å²) in [5.41, 5.74) is -0.349. The van der Waals surface area contributed by atoms with Gasteiger partial charge in [-0.05, 0) is 33.0 Å². The molecule has 1 unspecified atom stereocenters. The summed E-state index contributed by atoms with van der Waals surface area (Å²) >= 11 is 1.35. The van der Waals surface area contributed by atoms with Crippen molar-refractivity contribution < 1.29 is 13.5 Å². The Bertz CT molecular complexity index is 399. The number of methoxy groups -OCH3 is 1. The standard InChI is InChI=1S/C13H19F2NOS/c1-13(2,17-4)12(16-3)8-18-11-6-5-9(14)7-10(11)15/h5-7,12,16H,8H2,1-4H3. The van der Waals surface area contributed by atoms with Crippen LogP contribution in [0.25, 0.3) is 0 Å². The Morgan fingerprint density at radius 2 is 2.06 bits per heavy atom. The summed E-state index contributed by atoms with van der Waals surface area (Å²) in [5, 5.41) is 3.15. The molecule has 5 heteroatoms. The first-order chi connectivity index (χ1) is 8.40. The van der Waals surface area contributed by atoms with Gasteiger partial charge in [0.15, 0.2) is 0 Å². The second-order valence-electron chi connectivity index (χ2n) is 4.53. The summed E-state index contributed by atoms with van der Waals surface area (Å²) in [7, 11) is 3.49. The zero-order valence-corrected chi connectivity index (χ0v) is 11.9. The third-order valence-electron chi connectivity index (χ3n) is 3.01. The largest absolute Gasteiger partial charge is 0.377 e. The molecule has 0 fully saturated rings. The highest BCUT2D eigenvalue weighted by molar-refractivity contribution is 7.99. The van der Waals surface area contributed by atoms with Crippen molar-refractivity contribution in [2.45, 2.75) is 30.4 Å². The fourth-order valence-corrected chi connectivity index (χ4v) is 2.81. The van der Waals surface area contributed by atoms with Crippen molar-refractivity contribution in [2.24, 2.45) is 0 Å². The Morgan fingerprint density at radius 1 is 1.39 bits per heavy atom. The molecule has 0 aliphatic carbocycles. The quantitative estimate of drug-likeness (QED) is 0.806. The van der Waals surface area contributed by atoms with Crippen LogP contribution in [0.15, 0.2) is 23.1 Å². The van der Waals surface area contributed by atoms with Crippen LogP contribution in [-0.4, -0.2) is 31.6 Å². The highest BCUT2D eigenvalue weighted by Crippen LogP contribution is 2.26. The van der Waals surface area contributed by atoms with Gasteiger partial charge in [-0.1, -0.05) is 0 Å². The van der Waals surface area contributed by atoms with Crippen molar-refractivity contribution in [3.05, 3.63) is 29.8 Å². The maximum atomic E-state index is 13.5. The lowest BCUT2D eigenvalue weighted by molar-refractivity contribution is -0.00156. The van der Waals surface area contributed by atoms with Crippen molar-refractivity contribution >= 4 is 11.8 Å². The molecule has 0 aliphatic rings. The van der Waals surface area contributed by atoms with Gasteiger partial charge in [-0.15, -0.1) is 11.8 Å². The number of benzene rings is 1. The normalized spacial score (nSPS) is 13.7. The van der Waals surface area contributed by atoms with Crippen LogP contribution >= 0.6 is 11.8 Å². The smallest absolute Gasteiger partial charge is 0.139 e. The first-order valence-corrected chi connectivity index (χ1v) is 6.69. The van der Waals surface area contributed by atoms with E-state index < -0.39 is 11.6 Å². The second-order valence-corrected chi connectivity index (χ2v) is 5.60. The summed E-state index contributed by atoms with van der Waals surface area (Å²) in [4.78, 5) is 0.448. The van der Waals surface area contributed by atoms with E-state index in [1.807, 2.05) is 20.9 Å². The number of ether oxygens (including phenoxy) is 1. The van der Waals surface area contributed by atoms with Gasteiger partial charge < -0.3 is 10.1 Å². The Labute approximate surface area is 111 Å². The van der Waals surface area contributed by atoms with E-state index in [0.29, 0.717) is 10.6 Å². The van der Waals surface area contributed by atoms with Crippen molar-refractivity contribution in [2.75, 3.05) is 19.9 Å². The minimum Gasteiger partial charge on any atom is -0.377 e. The zero-order chi connectivity index (χ0) is 13.8. The topological polar surface area (TPSA) is 21.3 Å². The third kappa shape index (κ3) is 3.93. The molecule has 0 amide bonds. The minimum absolute atomic E-state index is 0.0666. The maximum Gasteiger partial charge on any atom is 0.139 e. The van der Waals surface area contributed by atoms with Crippen LogP contribution in [-0.2, 0) is 4.74 Å². The summed E-state index contributed by atoms with van der Waals surface area (Å²) in [5.74, 6) is -0.441. The van der Waals surface area contributed by atoms with Crippen molar-refractivity contribution in [3.8, 4) is 0 Å². The summed E-state index contributed by atoms with van der Waals surface area (Å²) in [6.07, 6.45) is 0. The van der Waals surface area contributed by atoms with Gasteiger partial charge in [-0.3, -0.25) is 0 Å². The highest BCUT2D eigenvalue weighted by Gasteiger charge is 2.28. The first-order valence-electron chi connectivity index (χ1n) is 5.71. The molecule has 1 rings (SSSR count). The lowest BCUT2D eigenvalue weighted by Crippen LogP contribution is -2.48. The van der Waals surface area contributed by atoms with Crippen LogP contribution in [0.3, 0.4) is 0 Å². The molecule has 18 heavy (non-hydrogen) atoms. The second kappa shape index (κ2) is 6.50. The predicted octanol–water partition coefficient (Wildman–Crippen LogP) is 3.07. The molecule has 1 atom stereocenters. The molecular weight excluding hydrogens is 256 g/mol. The summed E-state index contributed by atoms with van der Waals surface area (Å²) in [6, 6.07) is 3.69. The number of nitrogens with one attached hydrogen (secondary N) is 1. The van der Waals surface area contributed by atoms with E-state index in [0.717, 1.165) is 6.07 Å². The molecule has 0 heterocycles. The van der Waals surface area contributed by atoms with E-state index in [4.69, 9.17) is 4.74 Å². The number of thioether (sulfide) groups is 1. The van der Waals surface area contributed by atoms with Crippen LogP contribution in [0.2, 0.25) is 0 Å². The van der Waals surface area contributed by atoms with E-state index in [9.17, 15) is 8.78 Å². The lowest BCUT2D eigenvalue weighted by atomic mass is 10.0. The maximum absolute atomic E-state index is 13.5. The number of hydrogen-bond donors (Lipinski definition) is 1. The molecule has 1 aromatic carbocycles. The Morgan fingerprint density at radius 3 is 2.56 bits per heavy atom. The molecule has 0 bridgehead atoms. The molecule has 0 saturated heterocycles. The number of hydrogen-bond acceptors (Lipinski definition) is 3. The average Bonchev–Trinajstić information content (AvgIpc) is 2.32. The van der Waals surface area contributed by atoms with Crippen molar-refractivity contribution in [1.82, 2.24) is 5.32 Å². The van der Waals surface area contributed by atoms with E-state index in [2.05, 4.69) is 5.32 Å². The molecule has 0 saturated carbocycles. The summed E-state index contributed by atoms with van der Waals surface area (Å²) in [6.45, 7) is 3.94. The predicted molar refractivity (Wildman–Crippen MR) is 71.0 cm³/mol. The average molecular weight is 275 g/mol. The monoisotopic (exact) mass is 275 g/mol. The number of halogens is 2. The van der Waals surface area contributed by atoms with E-state index in [-0.39, 0.29) is 11.6 Å². The zero-order valence-electron chi connectivity index (χ0n) is 11.1. The number of likely N-dealkylation sites (N-methyl/N-ethyl adjacent to an activating group) is 1. The highest BCUT2D eigenvalue weighted by atomic mass is 32.2. The molecule has 2 nitrogen and oxygen atoms in total. The molecule has 1 N–H and O–H groups in total. The minimum atomic E-state index is -0.556. The molecule has 102 valence electrons. The van der Waals surface area contributed by atoms with Crippen LogP contribution < -0.4 is 5.32 Å². The molecule has 0 aromatic heterocycles. The van der Waals surface area contributed by atoms with Gasteiger partial charge in [0.2, 0.25) is 0 Å². The van der Waals surface area contributed by atoms with Crippen molar-refractivity contribution in [3.63, 3.8) is 0 Å². The molecule has 1 aromatic rings. The number of rotatable bonds is 6. The fourth-order valence-electron chi connectivity index (χ4n) is 1.54. The van der Waals surface area contributed by atoms with Gasteiger partial charge in [-0.25, -0.2) is 8.78 Å². The Kier molecular flexibility index (Phi) is 5.56. The van der Waals surface area contributed by atoms with Gasteiger partial charge in [0, 0.05) is 29.9 Å².